The van der Waals surface area contributed by atoms with Crippen molar-refractivity contribution < 1.29 is 4.79 Å². The fourth-order valence-electron chi connectivity index (χ4n) is 3.19. The maximum Gasteiger partial charge on any atom is 0.243 e. The van der Waals surface area contributed by atoms with Gasteiger partial charge in [-0.15, -0.1) is 0 Å². The van der Waals surface area contributed by atoms with Crippen LogP contribution in [0.2, 0.25) is 0 Å². The Kier molecular flexibility index (Phi) is 6.35. The molecule has 1 aliphatic heterocycles. The number of anilines is 3. The second-order valence-electron chi connectivity index (χ2n) is 7.52. The molecule has 0 aromatic heterocycles. The van der Waals surface area contributed by atoms with Gasteiger partial charge in [0.2, 0.25) is 5.91 Å². The fourth-order valence-corrected chi connectivity index (χ4v) is 3.19. The van der Waals surface area contributed by atoms with Crippen molar-refractivity contribution >= 4 is 23.0 Å². The van der Waals surface area contributed by atoms with E-state index in [1.165, 1.54) is 11.3 Å². The first-order chi connectivity index (χ1) is 13.0. The molecule has 1 saturated heterocycles. The summed E-state index contributed by atoms with van der Waals surface area (Å²) in [6.45, 7) is 8.85. The lowest BCUT2D eigenvalue weighted by molar-refractivity contribution is -0.114. The zero-order valence-corrected chi connectivity index (χ0v) is 16.5. The van der Waals surface area contributed by atoms with E-state index in [-0.39, 0.29) is 12.5 Å². The molecule has 1 amide bonds. The van der Waals surface area contributed by atoms with Gasteiger partial charge in [0.05, 0.1) is 6.54 Å². The second kappa shape index (κ2) is 8.91. The van der Waals surface area contributed by atoms with Crippen molar-refractivity contribution in [2.45, 2.75) is 19.8 Å². The van der Waals surface area contributed by atoms with Crippen LogP contribution in [0, 0.1) is 0 Å². The summed E-state index contributed by atoms with van der Waals surface area (Å²) in [4.78, 5) is 16.9. The van der Waals surface area contributed by atoms with Crippen molar-refractivity contribution in [2.24, 2.45) is 0 Å². The smallest absolute Gasteiger partial charge is 0.243 e. The van der Waals surface area contributed by atoms with Gasteiger partial charge in [-0.3, -0.25) is 4.79 Å². The van der Waals surface area contributed by atoms with Gasteiger partial charge in [-0.2, -0.15) is 0 Å². The Morgan fingerprint density at radius 1 is 0.926 bits per heavy atom. The third-order valence-electron chi connectivity index (χ3n) is 5.05. The summed E-state index contributed by atoms with van der Waals surface area (Å²) in [5, 5.41) is 6.12. The van der Waals surface area contributed by atoms with E-state index in [4.69, 9.17) is 0 Å². The highest BCUT2D eigenvalue weighted by Gasteiger charge is 2.14. The lowest BCUT2D eigenvalue weighted by atomic mass is 10.0. The number of amides is 1. The summed E-state index contributed by atoms with van der Waals surface area (Å²) in [6.07, 6.45) is 0. The summed E-state index contributed by atoms with van der Waals surface area (Å²) < 4.78 is 0. The van der Waals surface area contributed by atoms with Crippen molar-refractivity contribution in [2.75, 3.05) is 55.3 Å². The standard InChI is InChI=1S/C22H30N4O/c1-17(2)18-4-6-19(7-5-18)23-16-22(27)24-20-8-10-21(11-9-20)26-14-12-25(3)13-15-26/h4-11,17,23H,12-16H2,1-3H3,(H,24,27). The molecule has 2 aromatic carbocycles. The van der Waals surface area contributed by atoms with Crippen LogP contribution in [0.3, 0.4) is 0 Å². The molecule has 27 heavy (non-hydrogen) atoms. The molecule has 0 radical (unpaired) electrons. The van der Waals surface area contributed by atoms with Gasteiger partial charge in [0.25, 0.3) is 0 Å². The maximum absolute atomic E-state index is 12.2. The first-order valence-corrected chi connectivity index (χ1v) is 9.68. The van der Waals surface area contributed by atoms with E-state index in [1.807, 2.05) is 24.3 Å². The highest BCUT2D eigenvalue weighted by molar-refractivity contribution is 5.93. The number of hydrogen-bond donors (Lipinski definition) is 2. The quantitative estimate of drug-likeness (QED) is 0.820. The Labute approximate surface area is 162 Å². The molecule has 0 spiro atoms. The van der Waals surface area contributed by atoms with Gasteiger partial charge in [-0.1, -0.05) is 26.0 Å². The van der Waals surface area contributed by atoms with Crippen LogP contribution >= 0.6 is 0 Å². The van der Waals surface area contributed by atoms with Crippen molar-refractivity contribution in [1.29, 1.82) is 0 Å². The van der Waals surface area contributed by atoms with Crippen LogP contribution in [0.4, 0.5) is 17.1 Å². The van der Waals surface area contributed by atoms with Crippen molar-refractivity contribution in [3.05, 3.63) is 54.1 Å². The van der Waals surface area contributed by atoms with Crippen LogP contribution in [-0.4, -0.2) is 50.6 Å². The normalized spacial score (nSPS) is 15.0. The predicted molar refractivity (Wildman–Crippen MR) is 114 cm³/mol. The minimum Gasteiger partial charge on any atom is -0.376 e. The molecular weight excluding hydrogens is 336 g/mol. The molecule has 3 rings (SSSR count). The summed E-state index contributed by atoms with van der Waals surface area (Å²) in [5.74, 6) is 0.464. The molecule has 1 fully saturated rings. The number of benzene rings is 2. The molecule has 5 nitrogen and oxygen atoms in total. The monoisotopic (exact) mass is 366 g/mol. The van der Waals surface area contributed by atoms with Crippen molar-refractivity contribution in [3.63, 3.8) is 0 Å². The molecule has 0 atom stereocenters. The predicted octanol–water partition coefficient (Wildman–Crippen LogP) is 3.61. The molecule has 2 aromatic rings. The van der Waals surface area contributed by atoms with Crippen LogP contribution in [0.25, 0.3) is 0 Å². The number of hydrogen-bond acceptors (Lipinski definition) is 4. The summed E-state index contributed by atoms with van der Waals surface area (Å²) in [5.41, 5.74) is 4.30. The highest BCUT2D eigenvalue weighted by Crippen LogP contribution is 2.20. The second-order valence-corrected chi connectivity index (χ2v) is 7.52. The van der Waals surface area contributed by atoms with Crippen LogP contribution in [0.1, 0.15) is 25.3 Å². The van der Waals surface area contributed by atoms with E-state index in [9.17, 15) is 4.79 Å². The topological polar surface area (TPSA) is 47.6 Å². The zero-order chi connectivity index (χ0) is 19.2. The molecule has 0 bridgehead atoms. The van der Waals surface area contributed by atoms with E-state index >= 15 is 0 Å². The Morgan fingerprint density at radius 3 is 2.11 bits per heavy atom. The maximum atomic E-state index is 12.2. The Morgan fingerprint density at radius 2 is 1.52 bits per heavy atom. The number of carbonyl (C=O) groups is 1. The van der Waals surface area contributed by atoms with Gasteiger partial charge in [0, 0.05) is 43.2 Å². The van der Waals surface area contributed by atoms with Gasteiger partial charge < -0.3 is 20.4 Å². The molecule has 1 heterocycles. The van der Waals surface area contributed by atoms with E-state index in [0.29, 0.717) is 5.92 Å². The van der Waals surface area contributed by atoms with E-state index in [0.717, 1.165) is 37.6 Å². The lowest BCUT2D eigenvalue weighted by Crippen LogP contribution is -2.44. The largest absolute Gasteiger partial charge is 0.376 e. The summed E-state index contributed by atoms with van der Waals surface area (Å²) >= 11 is 0. The molecule has 1 aliphatic rings. The van der Waals surface area contributed by atoms with Crippen molar-refractivity contribution in [3.8, 4) is 0 Å². The van der Waals surface area contributed by atoms with E-state index in [2.05, 4.69) is 65.6 Å². The first-order valence-electron chi connectivity index (χ1n) is 9.68. The van der Waals surface area contributed by atoms with Crippen LogP contribution in [0.5, 0.6) is 0 Å². The average molecular weight is 367 g/mol. The van der Waals surface area contributed by atoms with Gasteiger partial charge in [-0.05, 0) is 54.9 Å². The Hall–Kier alpha value is -2.53. The van der Waals surface area contributed by atoms with Crippen LogP contribution < -0.4 is 15.5 Å². The van der Waals surface area contributed by atoms with Gasteiger partial charge in [0.15, 0.2) is 0 Å². The van der Waals surface area contributed by atoms with Crippen LogP contribution in [0.15, 0.2) is 48.5 Å². The highest BCUT2D eigenvalue weighted by atomic mass is 16.1. The number of nitrogens with zero attached hydrogens (tertiary/aromatic N) is 2. The molecule has 0 aliphatic carbocycles. The van der Waals surface area contributed by atoms with Crippen LogP contribution in [-0.2, 0) is 4.79 Å². The number of rotatable bonds is 6. The third kappa shape index (κ3) is 5.47. The molecule has 5 heteroatoms. The Balaban J connectivity index is 1.47. The minimum absolute atomic E-state index is 0.0460. The van der Waals surface area contributed by atoms with Gasteiger partial charge in [-0.25, -0.2) is 0 Å². The molecule has 2 N–H and O–H groups in total. The third-order valence-corrected chi connectivity index (χ3v) is 5.05. The Bertz CT molecular complexity index is 732. The molecular formula is C22H30N4O. The summed E-state index contributed by atoms with van der Waals surface area (Å²) in [6, 6.07) is 16.4. The number of carbonyl (C=O) groups excluding carboxylic acids is 1. The zero-order valence-electron chi connectivity index (χ0n) is 16.5. The number of likely N-dealkylation sites (N-methyl/N-ethyl adjacent to an activating group) is 1. The summed E-state index contributed by atoms with van der Waals surface area (Å²) in [7, 11) is 2.16. The average Bonchev–Trinajstić information content (AvgIpc) is 2.68. The SMILES string of the molecule is CC(C)c1ccc(NCC(=O)Nc2ccc(N3CCN(C)CC3)cc2)cc1. The molecule has 0 saturated carbocycles. The number of piperazine rings is 1. The lowest BCUT2D eigenvalue weighted by Gasteiger charge is -2.34. The first kappa shape index (κ1) is 19.2. The van der Waals surface area contributed by atoms with E-state index < -0.39 is 0 Å². The fraction of sp³-hybridized carbons (Fsp3) is 0.409. The van der Waals surface area contributed by atoms with Gasteiger partial charge in [0.1, 0.15) is 0 Å². The van der Waals surface area contributed by atoms with Gasteiger partial charge >= 0.3 is 0 Å². The molecule has 0 unspecified atom stereocenters. The van der Waals surface area contributed by atoms with Crippen molar-refractivity contribution in [1.82, 2.24) is 4.90 Å². The minimum atomic E-state index is -0.0460. The molecule has 144 valence electrons. The van der Waals surface area contributed by atoms with E-state index in [1.54, 1.807) is 0 Å². The number of nitrogens with one attached hydrogen (secondary N) is 2.